The molecule has 5 nitrogen and oxygen atoms in total. The third kappa shape index (κ3) is 5.93. The molecule has 0 aliphatic rings. The van der Waals surface area contributed by atoms with Crippen LogP contribution in [-0.2, 0) is 4.79 Å². The highest BCUT2D eigenvalue weighted by molar-refractivity contribution is 7.80. The number of hydrogen-bond donors (Lipinski definition) is 2. The SMILES string of the molecule is CCOc1ccccc1NC(=S)NC(=O)/C=C/c1ccc(OC)cc1. The number of anilines is 1. The standard InChI is InChI=1S/C19H20N2O3S/c1-3-24-17-7-5-4-6-16(17)20-19(25)21-18(22)13-10-14-8-11-15(23-2)12-9-14/h4-13H,3H2,1-2H3,(H2,20,21,22,25)/b13-10+. The maximum Gasteiger partial charge on any atom is 0.250 e. The van der Waals surface area contributed by atoms with Crippen LogP contribution in [0.4, 0.5) is 5.69 Å². The van der Waals surface area contributed by atoms with Crippen LogP contribution >= 0.6 is 12.2 Å². The Morgan fingerprint density at radius 2 is 1.88 bits per heavy atom. The van der Waals surface area contributed by atoms with Crippen LogP contribution < -0.4 is 20.1 Å². The predicted molar refractivity (Wildman–Crippen MR) is 104 cm³/mol. The molecule has 0 heterocycles. The first-order valence-corrected chi connectivity index (χ1v) is 8.19. The maximum atomic E-state index is 12.0. The molecule has 0 saturated carbocycles. The largest absolute Gasteiger partial charge is 0.497 e. The lowest BCUT2D eigenvalue weighted by Crippen LogP contribution is -2.32. The molecule has 0 bridgehead atoms. The Kier molecular flexibility index (Phi) is 6.98. The zero-order chi connectivity index (χ0) is 18.1. The summed E-state index contributed by atoms with van der Waals surface area (Å²) in [6.07, 6.45) is 3.12. The van der Waals surface area contributed by atoms with Gasteiger partial charge in [-0.05, 0) is 55.0 Å². The quantitative estimate of drug-likeness (QED) is 0.611. The lowest BCUT2D eigenvalue weighted by atomic mass is 10.2. The normalized spacial score (nSPS) is 10.3. The van der Waals surface area contributed by atoms with E-state index in [0.717, 1.165) is 11.3 Å². The number of carbonyl (C=O) groups excluding carboxylic acids is 1. The second-order valence-electron chi connectivity index (χ2n) is 4.98. The molecule has 1 amide bonds. The number of nitrogens with one attached hydrogen (secondary N) is 2. The van der Waals surface area contributed by atoms with Crippen molar-refractivity contribution >= 4 is 35.0 Å². The second-order valence-corrected chi connectivity index (χ2v) is 5.39. The van der Waals surface area contributed by atoms with Gasteiger partial charge in [-0.2, -0.15) is 0 Å². The minimum atomic E-state index is -0.317. The first kappa shape index (κ1) is 18.5. The fourth-order valence-electron chi connectivity index (χ4n) is 2.05. The van der Waals surface area contributed by atoms with E-state index in [1.54, 1.807) is 13.2 Å². The number of thiocarbonyl (C=S) groups is 1. The van der Waals surface area contributed by atoms with E-state index in [9.17, 15) is 4.79 Å². The van der Waals surface area contributed by atoms with E-state index >= 15 is 0 Å². The van der Waals surface area contributed by atoms with Gasteiger partial charge in [-0.3, -0.25) is 10.1 Å². The van der Waals surface area contributed by atoms with Gasteiger partial charge in [-0.15, -0.1) is 0 Å². The molecule has 0 atom stereocenters. The van der Waals surface area contributed by atoms with E-state index in [2.05, 4.69) is 10.6 Å². The maximum absolute atomic E-state index is 12.0. The van der Waals surface area contributed by atoms with Crippen molar-refractivity contribution in [2.75, 3.05) is 19.0 Å². The van der Waals surface area contributed by atoms with Crippen molar-refractivity contribution in [3.8, 4) is 11.5 Å². The fraction of sp³-hybridized carbons (Fsp3) is 0.158. The zero-order valence-corrected chi connectivity index (χ0v) is 14.9. The van der Waals surface area contributed by atoms with Crippen LogP contribution in [0.1, 0.15) is 12.5 Å². The molecule has 0 aliphatic carbocycles. The first-order chi connectivity index (χ1) is 12.1. The molecule has 2 rings (SSSR count). The molecule has 0 aromatic heterocycles. The second kappa shape index (κ2) is 9.44. The summed E-state index contributed by atoms with van der Waals surface area (Å²) in [5.41, 5.74) is 1.59. The van der Waals surface area contributed by atoms with Crippen molar-refractivity contribution in [3.05, 3.63) is 60.2 Å². The Hall–Kier alpha value is -2.86. The van der Waals surface area contributed by atoms with Gasteiger partial charge in [0.1, 0.15) is 11.5 Å². The van der Waals surface area contributed by atoms with E-state index in [1.807, 2.05) is 55.5 Å². The minimum Gasteiger partial charge on any atom is -0.497 e. The summed E-state index contributed by atoms with van der Waals surface area (Å²) < 4.78 is 10.6. The number of benzene rings is 2. The van der Waals surface area contributed by atoms with Gasteiger partial charge in [0.2, 0.25) is 5.91 Å². The van der Waals surface area contributed by atoms with Gasteiger partial charge in [0.15, 0.2) is 5.11 Å². The van der Waals surface area contributed by atoms with Gasteiger partial charge in [-0.25, -0.2) is 0 Å². The number of amides is 1. The molecule has 130 valence electrons. The number of methoxy groups -OCH3 is 1. The first-order valence-electron chi connectivity index (χ1n) is 7.78. The monoisotopic (exact) mass is 356 g/mol. The Bertz CT molecular complexity index is 758. The van der Waals surface area contributed by atoms with Crippen LogP contribution in [-0.4, -0.2) is 24.7 Å². The summed E-state index contributed by atoms with van der Waals surface area (Å²) >= 11 is 5.17. The number of rotatable bonds is 6. The highest BCUT2D eigenvalue weighted by Crippen LogP contribution is 2.23. The predicted octanol–water partition coefficient (Wildman–Crippen LogP) is 3.62. The summed E-state index contributed by atoms with van der Waals surface area (Å²) in [6.45, 7) is 2.45. The van der Waals surface area contributed by atoms with Crippen LogP contribution in [0.2, 0.25) is 0 Å². The van der Waals surface area contributed by atoms with E-state index in [-0.39, 0.29) is 11.0 Å². The molecule has 0 fully saturated rings. The Balaban J connectivity index is 1.91. The number of para-hydroxylation sites is 2. The summed E-state index contributed by atoms with van der Waals surface area (Å²) in [6, 6.07) is 14.8. The topological polar surface area (TPSA) is 59.6 Å². The third-order valence-electron chi connectivity index (χ3n) is 3.21. The molecule has 6 heteroatoms. The molecule has 2 aromatic carbocycles. The van der Waals surface area contributed by atoms with Crippen molar-refractivity contribution in [2.24, 2.45) is 0 Å². The summed E-state index contributed by atoms with van der Waals surface area (Å²) in [4.78, 5) is 12.0. The van der Waals surface area contributed by atoms with E-state index < -0.39 is 0 Å². The van der Waals surface area contributed by atoms with E-state index in [4.69, 9.17) is 21.7 Å². The van der Waals surface area contributed by atoms with Gasteiger partial charge in [0.05, 0.1) is 19.4 Å². The van der Waals surface area contributed by atoms with Crippen LogP contribution in [0.3, 0.4) is 0 Å². The van der Waals surface area contributed by atoms with E-state index in [1.165, 1.54) is 6.08 Å². The number of hydrogen-bond acceptors (Lipinski definition) is 4. The van der Waals surface area contributed by atoms with Crippen LogP contribution in [0.25, 0.3) is 6.08 Å². The van der Waals surface area contributed by atoms with Gasteiger partial charge in [-0.1, -0.05) is 24.3 Å². The molecular weight excluding hydrogens is 336 g/mol. The molecule has 2 N–H and O–H groups in total. The highest BCUT2D eigenvalue weighted by atomic mass is 32.1. The number of carbonyl (C=O) groups is 1. The fourth-order valence-corrected chi connectivity index (χ4v) is 2.26. The molecule has 0 saturated heterocycles. The summed E-state index contributed by atoms with van der Waals surface area (Å²) in [7, 11) is 1.61. The minimum absolute atomic E-state index is 0.205. The number of ether oxygens (including phenoxy) is 2. The van der Waals surface area contributed by atoms with Gasteiger partial charge in [0.25, 0.3) is 0 Å². The molecule has 2 aromatic rings. The molecule has 0 aliphatic heterocycles. The smallest absolute Gasteiger partial charge is 0.250 e. The zero-order valence-electron chi connectivity index (χ0n) is 14.1. The van der Waals surface area contributed by atoms with Crippen LogP contribution in [0.5, 0.6) is 11.5 Å². The van der Waals surface area contributed by atoms with Gasteiger partial charge < -0.3 is 14.8 Å². The van der Waals surface area contributed by atoms with E-state index in [0.29, 0.717) is 18.0 Å². The van der Waals surface area contributed by atoms with Crippen molar-refractivity contribution in [3.63, 3.8) is 0 Å². The van der Waals surface area contributed by atoms with Crippen molar-refractivity contribution < 1.29 is 14.3 Å². The summed E-state index contributed by atoms with van der Waals surface area (Å²) in [5.74, 6) is 1.12. The van der Waals surface area contributed by atoms with Gasteiger partial charge in [0, 0.05) is 6.08 Å². The van der Waals surface area contributed by atoms with Crippen LogP contribution in [0.15, 0.2) is 54.6 Å². The lowest BCUT2D eigenvalue weighted by molar-refractivity contribution is -0.115. The molecule has 0 radical (unpaired) electrons. The Morgan fingerprint density at radius 3 is 2.56 bits per heavy atom. The average Bonchev–Trinajstić information content (AvgIpc) is 2.62. The molecule has 0 unspecified atom stereocenters. The van der Waals surface area contributed by atoms with Gasteiger partial charge >= 0.3 is 0 Å². The third-order valence-corrected chi connectivity index (χ3v) is 3.42. The molecule has 0 spiro atoms. The summed E-state index contributed by atoms with van der Waals surface area (Å²) in [5, 5.41) is 5.77. The lowest BCUT2D eigenvalue weighted by Gasteiger charge is -2.12. The van der Waals surface area contributed by atoms with Crippen molar-refractivity contribution in [1.29, 1.82) is 0 Å². The Morgan fingerprint density at radius 1 is 1.16 bits per heavy atom. The van der Waals surface area contributed by atoms with Crippen LogP contribution in [0, 0.1) is 0 Å². The van der Waals surface area contributed by atoms with Crippen molar-refractivity contribution in [1.82, 2.24) is 5.32 Å². The molecule has 25 heavy (non-hydrogen) atoms. The molecular formula is C19H20N2O3S. The Labute approximate surface area is 152 Å². The van der Waals surface area contributed by atoms with Crippen molar-refractivity contribution in [2.45, 2.75) is 6.92 Å². The highest BCUT2D eigenvalue weighted by Gasteiger charge is 2.06. The average molecular weight is 356 g/mol.